The lowest BCUT2D eigenvalue weighted by Gasteiger charge is -2.25. The average molecular weight is 319 g/mol. The third-order valence-corrected chi connectivity index (χ3v) is 3.83. The molecule has 0 saturated heterocycles. The van der Waals surface area contributed by atoms with Gasteiger partial charge >= 0.3 is 0 Å². The van der Waals surface area contributed by atoms with Crippen molar-refractivity contribution in [1.29, 1.82) is 0 Å². The molecule has 19 heavy (non-hydrogen) atoms. The Bertz CT molecular complexity index is 566. The first-order chi connectivity index (χ1) is 9.11. The molecule has 0 aliphatic heterocycles. The number of nitrogens with zero attached hydrogens (tertiary/aromatic N) is 1. The summed E-state index contributed by atoms with van der Waals surface area (Å²) in [5.41, 5.74) is 10.7. The van der Waals surface area contributed by atoms with Crippen LogP contribution in [0.3, 0.4) is 0 Å². The Balaban J connectivity index is 2.28. The molecule has 0 spiro atoms. The van der Waals surface area contributed by atoms with Crippen molar-refractivity contribution < 1.29 is 0 Å². The summed E-state index contributed by atoms with van der Waals surface area (Å²) in [5, 5.41) is 0. The molecule has 0 aliphatic rings. The number of aryl methyl sites for hydroxylation is 1. The maximum atomic E-state index is 6.12. The van der Waals surface area contributed by atoms with Gasteiger partial charge in [0.2, 0.25) is 0 Å². The minimum atomic E-state index is 0.810. The third-order valence-electron chi connectivity index (χ3n) is 3.33. The highest BCUT2D eigenvalue weighted by molar-refractivity contribution is 9.10. The molecule has 100 valence electrons. The maximum Gasteiger partial charge on any atom is 0.0603 e. The first-order valence-corrected chi connectivity index (χ1v) is 7.25. The van der Waals surface area contributed by atoms with Gasteiger partial charge < -0.3 is 10.6 Å². The first-order valence-electron chi connectivity index (χ1n) is 6.46. The number of rotatable bonds is 4. The molecule has 0 fully saturated rings. The number of benzene rings is 2. The van der Waals surface area contributed by atoms with Crippen molar-refractivity contribution in [2.75, 3.05) is 17.2 Å². The molecule has 0 heterocycles. The lowest BCUT2D eigenvalue weighted by molar-refractivity contribution is 0.828. The van der Waals surface area contributed by atoms with E-state index in [1.165, 1.54) is 11.1 Å². The topological polar surface area (TPSA) is 29.3 Å². The second kappa shape index (κ2) is 6.11. The molecule has 2 aromatic rings. The van der Waals surface area contributed by atoms with Crippen LogP contribution in [0.1, 0.15) is 18.1 Å². The van der Waals surface area contributed by atoms with E-state index in [4.69, 9.17) is 5.73 Å². The van der Waals surface area contributed by atoms with E-state index in [0.29, 0.717) is 0 Å². The molecule has 0 atom stereocenters. The monoisotopic (exact) mass is 318 g/mol. The molecule has 0 bridgehead atoms. The maximum absolute atomic E-state index is 6.12. The number of hydrogen-bond donors (Lipinski definition) is 1. The second-order valence-electron chi connectivity index (χ2n) is 4.64. The summed E-state index contributed by atoms with van der Waals surface area (Å²) in [6.07, 6.45) is 0. The largest absolute Gasteiger partial charge is 0.397 e. The Morgan fingerprint density at radius 2 is 1.89 bits per heavy atom. The molecular formula is C16H19BrN2. The van der Waals surface area contributed by atoms with Crippen LogP contribution < -0.4 is 10.6 Å². The van der Waals surface area contributed by atoms with Crippen molar-refractivity contribution in [3.63, 3.8) is 0 Å². The highest BCUT2D eigenvalue weighted by atomic mass is 79.9. The summed E-state index contributed by atoms with van der Waals surface area (Å²) >= 11 is 3.45. The van der Waals surface area contributed by atoms with Crippen LogP contribution in [0.5, 0.6) is 0 Å². The lowest BCUT2D eigenvalue weighted by atomic mass is 10.1. The fourth-order valence-corrected chi connectivity index (χ4v) is 2.55. The van der Waals surface area contributed by atoms with Gasteiger partial charge in [0.25, 0.3) is 0 Å². The molecule has 2 aromatic carbocycles. The van der Waals surface area contributed by atoms with E-state index < -0.39 is 0 Å². The molecule has 0 radical (unpaired) electrons. The molecule has 0 aromatic heterocycles. The van der Waals surface area contributed by atoms with E-state index in [1.807, 2.05) is 12.1 Å². The van der Waals surface area contributed by atoms with Crippen LogP contribution in [-0.2, 0) is 6.54 Å². The van der Waals surface area contributed by atoms with Crippen LogP contribution in [0, 0.1) is 6.92 Å². The van der Waals surface area contributed by atoms with E-state index in [0.717, 1.165) is 28.9 Å². The molecule has 3 heteroatoms. The van der Waals surface area contributed by atoms with Gasteiger partial charge in [0, 0.05) is 17.6 Å². The zero-order valence-electron chi connectivity index (χ0n) is 11.4. The number of anilines is 2. The molecule has 0 unspecified atom stereocenters. The summed E-state index contributed by atoms with van der Waals surface area (Å²) in [7, 11) is 0. The van der Waals surface area contributed by atoms with Gasteiger partial charge in [0.05, 0.1) is 11.4 Å². The molecular weight excluding hydrogens is 300 g/mol. The molecule has 0 amide bonds. The highest BCUT2D eigenvalue weighted by Crippen LogP contribution is 2.28. The lowest BCUT2D eigenvalue weighted by Crippen LogP contribution is -2.23. The summed E-state index contributed by atoms with van der Waals surface area (Å²) in [6.45, 7) is 6.11. The van der Waals surface area contributed by atoms with E-state index in [1.54, 1.807) is 0 Å². The molecule has 0 saturated carbocycles. The van der Waals surface area contributed by atoms with E-state index in [-0.39, 0.29) is 0 Å². The number of nitrogen functional groups attached to an aromatic ring is 1. The van der Waals surface area contributed by atoms with Gasteiger partial charge in [-0.1, -0.05) is 40.2 Å². The first kappa shape index (κ1) is 13.9. The van der Waals surface area contributed by atoms with Gasteiger partial charge in [0.1, 0.15) is 0 Å². The van der Waals surface area contributed by atoms with Crippen molar-refractivity contribution in [3.05, 3.63) is 58.1 Å². The summed E-state index contributed by atoms with van der Waals surface area (Å²) in [4.78, 5) is 2.30. The second-order valence-corrected chi connectivity index (χ2v) is 5.56. The zero-order valence-corrected chi connectivity index (χ0v) is 12.9. The predicted octanol–water partition coefficient (Wildman–Crippen LogP) is 4.37. The van der Waals surface area contributed by atoms with Crippen LogP contribution in [-0.4, -0.2) is 6.54 Å². The Labute approximate surface area is 123 Å². The van der Waals surface area contributed by atoms with Crippen molar-refractivity contribution in [3.8, 4) is 0 Å². The van der Waals surface area contributed by atoms with Gasteiger partial charge in [0.15, 0.2) is 0 Å². The molecule has 2 N–H and O–H groups in total. The normalized spacial score (nSPS) is 10.5. The van der Waals surface area contributed by atoms with E-state index in [2.05, 4.69) is 65.0 Å². The minimum absolute atomic E-state index is 0.810. The Hall–Kier alpha value is -1.48. The van der Waals surface area contributed by atoms with E-state index >= 15 is 0 Å². The van der Waals surface area contributed by atoms with Crippen molar-refractivity contribution in [1.82, 2.24) is 0 Å². The zero-order chi connectivity index (χ0) is 13.8. The van der Waals surface area contributed by atoms with Gasteiger partial charge in [-0.25, -0.2) is 0 Å². The highest BCUT2D eigenvalue weighted by Gasteiger charge is 2.10. The molecule has 2 rings (SSSR count). The van der Waals surface area contributed by atoms with Crippen molar-refractivity contribution in [2.24, 2.45) is 0 Å². The fraction of sp³-hybridized carbons (Fsp3) is 0.250. The van der Waals surface area contributed by atoms with Crippen molar-refractivity contribution >= 4 is 27.3 Å². The SMILES string of the molecule is CCN(Cc1ccccc1C)c1ccc(Br)cc1N. The summed E-state index contributed by atoms with van der Waals surface area (Å²) < 4.78 is 1.01. The van der Waals surface area contributed by atoms with Gasteiger partial charge in [-0.3, -0.25) is 0 Å². The quantitative estimate of drug-likeness (QED) is 0.848. The number of hydrogen-bond acceptors (Lipinski definition) is 2. The third kappa shape index (κ3) is 3.29. The van der Waals surface area contributed by atoms with E-state index in [9.17, 15) is 0 Å². The Morgan fingerprint density at radius 1 is 1.16 bits per heavy atom. The number of nitrogens with two attached hydrogens (primary N) is 1. The fourth-order valence-electron chi connectivity index (χ4n) is 2.17. The predicted molar refractivity (Wildman–Crippen MR) is 86.5 cm³/mol. The molecule has 2 nitrogen and oxygen atoms in total. The van der Waals surface area contributed by atoms with Crippen LogP contribution in [0.4, 0.5) is 11.4 Å². The smallest absolute Gasteiger partial charge is 0.0603 e. The van der Waals surface area contributed by atoms with Crippen molar-refractivity contribution in [2.45, 2.75) is 20.4 Å². The van der Waals surface area contributed by atoms with Gasteiger partial charge in [-0.15, -0.1) is 0 Å². The Morgan fingerprint density at radius 3 is 2.53 bits per heavy atom. The number of halogens is 1. The minimum Gasteiger partial charge on any atom is -0.397 e. The van der Waals surface area contributed by atoms with Gasteiger partial charge in [-0.05, 0) is 43.2 Å². The van der Waals surface area contributed by atoms with Gasteiger partial charge in [-0.2, -0.15) is 0 Å². The van der Waals surface area contributed by atoms with Crippen LogP contribution >= 0.6 is 15.9 Å². The average Bonchev–Trinajstić information content (AvgIpc) is 2.39. The standard InChI is InChI=1S/C16H19BrN2/c1-3-19(11-13-7-5-4-6-12(13)2)16-9-8-14(17)10-15(16)18/h4-10H,3,11,18H2,1-2H3. The molecule has 0 aliphatic carbocycles. The van der Waals surface area contributed by atoms with Crippen LogP contribution in [0.25, 0.3) is 0 Å². The van der Waals surface area contributed by atoms with Crippen LogP contribution in [0.2, 0.25) is 0 Å². The van der Waals surface area contributed by atoms with Crippen LogP contribution in [0.15, 0.2) is 46.9 Å². The summed E-state index contributed by atoms with van der Waals surface area (Å²) in [5.74, 6) is 0. The summed E-state index contributed by atoms with van der Waals surface area (Å²) in [6, 6.07) is 14.5. The Kier molecular flexibility index (Phi) is 4.48.